The summed E-state index contributed by atoms with van der Waals surface area (Å²) < 4.78 is 5.44. The zero-order valence-corrected chi connectivity index (χ0v) is 15.5. The third-order valence-electron chi connectivity index (χ3n) is 4.02. The Morgan fingerprint density at radius 2 is 1.75 bits per heavy atom. The number of nitrogens with one attached hydrogen (secondary N) is 1. The quantitative estimate of drug-likeness (QED) is 0.829. The summed E-state index contributed by atoms with van der Waals surface area (Å²) in [5.41, 5.74) is 1.94. The second kappa shape index (κ2) is 8.27. The van der Waals surface area contributed by atoms with Gasteiger partial charge in [-0.25, -0.2) is 4.79 Å². The van der Waals surface area contributed by atoms with Gasteiger partial charge in [-0.2, -0.15) is 0 Å². The molecule has 0 saturated carbocycles. The highest BCUT2D eigenvalue weighted by Crippen LogP contribution is 2.20. The van der Waals surface area contributed by atoms with Crippen molar-refractivity contribution in [3.8, 4) is 0 Å². The average molecular weight is 333 g/mol. The second-order valence-electron chi connectivity index (χ2n) is 7.28. The molecule has 1 heterocycles. The number of ether oxygens (including phenoxy) is 1. The summed E-state index contributed by atoms with van der Waals surface area (Å²) >= 11 is 0. The van der Waals surface area contributed by atoms with Crippen molar-refractivity contribution in [3.63, 3.8) is 0 Å². The van der Waals surface area contributed by atoms with Gasteiger partial charge in [0.05, 0.1) is 0 Å². The number of amides is 1. The minimum Gasteiger partial charge on any atom is -0.444 e. The Balaban J connectivity index is 1.82. The maximum absolute atomic E-state index is 12.1. The predicted octanol–water partition coefficient (Wildman–Crippen LogP) is 3.96. The third kappa shape index (κ3) is 5.62. The molecule has 1 amide bonds. The zero-order chi connectivity index (χ0) is 17.6. The molecule has 1 saturated heterocycles. The highest BCUT2D eigenvalue weighted by molar-refractivity contribution is 5.68. The zero-order valence-electron chi connectivity index (χ0n) is 15.5. The van der Waals surface area contributed by atoms with Crippen LogP contribution in [0.15, 0.2) is 24.3 Å². The van der Waals surface area contributed by atoms with Crippen LogP contribution in [0.4, 0.5) is 16.2 Å². The number of benzene rings is 1. The molecule has 0 aliphatic carbocycles. The molecule has 2 rings (SSSR count). The van der Waals surface area contributed by atoms with E-state index in [1.165, 1.54) is 24.2 Å². The smallest absolute Gasteiger partial charge is 0.410 e. The third-order valence-corrected chi connectivity index (χ3v) is 4.02. The Hall–Kier alpha value is -1.91. The monoisotopic (exact) mass is 333 g/mol. The standard InChI is InChI=1S/C19H31N3O2/c1-5-6-11-20-16-7-9-17(10-8-16)21-12-14-22(15-13-21)18(23)24-19(2,3)4/h7-10,20H,5-6,11-15H2,1-4H3. The van der Waals surface area contributed by atoms with Gasteiger partial charge in [-0.3, -0.25) is 0 Å². The fraction of sp³-hybridized carbons (Fsp3) is 0.632. The first-order valence-electron chi connectivity index (χ1n) is 8.96. The van der Waals surface area contributed by atoms with E-state index in [0.29, 0.717) is 13.1 Å². The van der Waals surface area contributed by atoms with Crippen LogP contribution < -0.4 is 10.2 Å². The van der Waals surface area contributed by atoms with Gasteiger partial charge in [0.25, 0.3) is 0 Å². The lowest BCUT2D eigenvalue weighted by atomic mass is 10.2. The van der Waals surface area contributed by atoms with Crippen LogP contribution in [0.3, 0.4) is 0 Å². The molecule has 5 heteroatoms. The molecule has 5 nitrogen and oxygen atoms in total. The number of carbonyl (C=O) groups is 1. The summed E-state index contributed by atoms with van der Waals surface area (Å²) in [5.74, 6) is 0. The van der Waals surface area contributed by atoms with Gasteiger partial charge in [-0.15, -0.1) is 0 Å². The summed E-state index contributed by atoms with van der Waals surface area (Å²) in [7, 11) is 0. The summed E-state index contributed by atoms with van der Waals surface area (Å²) in [6, 6.07) is 8.56. The number of hydrogen-bond acceptors (Lipinski definition) is 4. The lowest BCUT2D eigenvalue weighted by molar-refractivity contribution is 0.0240. The van der Waals surface area contributed by atoms with E-state index >= 15 is 0 Å². The number of carbonyl (C=O) groups excluding carboxylic acids is 1. The number of anilines is 2. The van der Waals surface area contributed by atoms with E-state index < -0.39 is 5.60 Å². The highest BCUT2D eigenvalue weighted by atomic mass is 16.6. The van der Waals surface area contributed by atoms with Crippen molar-refractivity contribution in [1.29, 1.82) is 0 Å². The second-order valence-corrected chi connectivity index (χ2v) is 7.28. The van der Waals surface area contributed by atoms with Crippen LogP contribution in [0.1, 0.15) is 40.5 Å². The SMILES string of the molecule is CCCCNc1ccc(N2CCN(C(=O)OC(C)(C)C)CC2)cc1. The Morgan fingerprint density at radius 1 is 1.12 bits per heavy atom. The lowest BCUT2D eigenvalue weighted by Crippen LogP contribution is -2.50. The van der Waals surface area contributed by atoms with Crippen molar-refractivity contribution in [2.75, 3.05) is 42.9 Å². The normalized spacial score (nSPS) is 15.3. The Morgan fingerprint density at radius 3 is 2.29 bits per heavy atom. The topological polar surface area (TPSA) is 44.8 Å². The van der Waals surface area contributed by atoms with Crippen LogP contribution in [-0.2, 0) is 4.74 Å². The van der Waals surface area contributed by atoms with Crippen molar-refractivity contribution >= 4 is 17.5 Å². The lowest BCUT2D eigenvalue weighted by Gasteiger charge is -2.36. The van der Waals surface area contributed by atoms with E-state index in [0.717, 1.165) is 19.6 Å². The molecule has 1 aliphatic rings. The van der Waals surface area contributed by atoms with Crippen LogP contribution in [0.5, 0.6) is 0 Å². The van der Waals surface area contributed by atoms with Gasteiger partial charge in [0.2, 0.25) is 0 Å². The molecule has 0 aromatic heterocycles. The predicted molar refractivity (Wildman–Crippen MR) is 99.9 cm³/mol. The molecular formula is C19H31N3O2. The van der Waals surface area contributed by atoms with Crippen LogP contribution in [-0.4, -0.2) is 49.3 Å². The van der Waals surface area contributed by atoms with Gasteiger partial charge in [0.15, 0.2) is 0 Å². The molecule has 0 radical (unpaired) electrons. The first-order valence-corrected chi connectivity index (χ1v) is 8.96. The number of hydrogen-bond donors (Lipinski definition) is 1. The number of unbranched alkanes of at least 4 members (excludes halogenated alkanes) is 1. The molecule has 0 spiro atoms. The first-order chi connectivity index (χ1) is 11.4. The highest BCUT2D eigenvalue weighted by Gasteiger charge is 2.25. The molecule has 1 aromatic carbocycles. The van der Waals surface area contributed by atoms with Gasteiger partial charge < -0.3 is 19.9 Å². The summed E-state index contributed by atoms with van der Waals surface area (Å²) in [4.78, 5) is 16.2. The summed E-state index contributed by atoms with van der Waals surface area (Å²) in [6.45, 7) is 12.0. The van der Waals surface area contributed by atoms with Crippen LogP contribution in [0, 0.1) is 0 Å². The van der Waals surface area contributed by atoms with E-state index in [9.17, 15) is 4.79 Å². The molecule has 1 N–H and O–H groups in total. The molecule has 1 aliphatic heterocycles. The van der Waals surface area contributed by atoms with E-state index in [2.05, 4.69) is 41.4 Å². The number of nitrogens with zero attached hydrogens (tertiary/aromatic N) is 2. The van der Waals surface area contributed by atoms with Gasteiger partial charge in [-0.1, -0.05) is 13.3 Å². The summed E-state index contributed by atoms with van der Waals surface area (Å²) in [5, 5.41) is 3.43. The van der Waals surface area contributed by atoms with Crippen molar-refractivity contribution in [3.05, 3.63) is 24.3 Å². The van der Waals surface area contributed by atoms with Crippen LogP contribution in [0.25, 0.3) is 0 Å². The Labute approximate surface area is 146 Å². The number of piperazine rings is 1. The average Bonchev–Trinajstić information content (AvgIpc) is 2.54. The molecule has 134 valence electrons. The summed E-state index contributed by atoms with van der Waals surface area (Å²) in [6.07, 6.45) is 2.18. The van der Waals surface area contributed by atoms with Crippen molar-refractivity contribution < 1.29 is 9.53 Å². The number of rotatable bonds is 5. The van der Waals surface area contributed by atoms with E-state index in [4.69, 9.17) is 4.74 Å². The first kappa shape index (κ1) is 18.4. The maximum Gasteiger partial charge on any atom is 0.410 e. The van der Waals surface area contributed by atoms with E-state index in [1.807, 2.05) is 20.8 Å². The maximum atomic E-state index is 12.1. The van der Waals surface area contributed by atoms with Gasteiger partial charge >= 0.3 is 6.09 Å². The van der Waals surface area contributed by atoms with Crippen molar-refractivity contribution in [1.82, 2.24) is 4.90 Å². The van der Waals surface area contributed by atoms with Crippen molar-refractivity contribution in [2.45, 2.75) is 46.1 Å². The molecule has 1 fully saturated rings. The van der Waals surface area contributed by atoms with E-state index in [1.54, 1.807) is 4.90 Å². The Kier molecular flexibility index (Phi) is 6.35. The molecule has 0 unspecified atom stereocenters. The minimum atomic E-state index is -0.436. The molecule has 0 atom stereocenters. The van der Waals surface area contributed by atoms with Gasteiger partial charge in [-0.05, 0) is 51.5 Å². The van der Waals surface area contributed by atoms with E-state index in [-0.39, 0.29) is 6.09 Å². The molecular weight excluding hydrogens is 302 g/mol. The van der Waals surface area contributed by atoms with Crippen molar-refractivity contribution in [2.24, 2.45) is 0 Å². The molecule has 1 aromatic rings. The van der Waals surface area contributed by atoms with Crippen LogP contribution in [0.2, 0.25) is 0 Å². The minimum absolute atomic E-state index is 0.211. The molecule has 0 bridgehead atoms. The van der Waals surface area contributed by atoms with Gasteiger partial charge in [0.1, 0.15) is 5.60 Å². The largest absolute Gasteiger partial charge is 0.444 e. The molecule has 24 heavy (non-hydrogen) atoms. The van der Waals surface area contributed by atoms with Gasteiger partial charge in [0, 0.05) is 44.1 Å². The fourth-order valence-electron chi connectivity index (χ4n) is 2.67. The fourth-order valence-corrected chi connectivity index (χ4v) is 2.67. The van der Waals surface area contributed by atoms with Crippen LogP contribution >= 0.6 is 0 Å². The Bertz CT molecular complexity index is 514.